The standard InChI is InChI=1S/C16H21N5O/c1-20(14-9-10-17-11-14)16(22)8-7-15-19-18-12-21(15)13-5-3-2-4-6-13/h2-6,12,14,17H,7-11H2,1H3/t14-/m1/s1. The Morgan fingerprint density at radius 2 is 2.23 bits per heavy atom. The molecule has 0 radical (unpaired) electrons. The maximum Gasteiger partial charge on any atom is 0.223 e. The van der Waals surface area contributed by atoms with Crippen LogP contribution >= 0.6 is 0 Å². The molecular formula is C16H21N5O. The van der Waals surface area contributed by atoms with Crippen LogP contribution < -0.4 is 5.32 Å². The lowest BCUT2D eigenvalue weighted by Crippen LogP contribution is -2.38. The Bertz CT molecular complexity index is 618. The zero-order valence-electron chi connectivity index (χ0n) is 12.8. The second-order valence-corrected chi connectivity index (χ2v) is 5.60. The van der Waals surface area contributed by atoms with Crippen molar-refractivity contribution in [1.82, 2.24) is 25.0 Å². The summed E-state index contributed by atoms with van der Waals surface area (Å²) in [4.78, 5) is 14.2. The van der Waals surface area contributed by atoms with Crippen LogP contribution in [0.15, 0.2) is 36.7 Å². The van der Waals surface area contributed by atoms with E-state index in [2.05, 4.69) is 15.5 Å². The molecule has 2 aromatic rings. The highest BCUT2D eigenvalue weighted by Crippen LogP contribution is 2.12. The highest BCUT2D eigenvalue weighted by Gasteiger charge is 2.23. The number of nitrogens with zero attached hydrogens (tertiary/aromatic N) is 4. The molecule has 1 amide bonds. The molecule has 1 atom stereocenters. The van der Waals surface area contributed by atoms with Crippen LogP contribution in [0.3, 0.4) is 0 Å². The van der Waals surface area contributed by atoms with Gasteiger partial charge in [-0.3, -0.25) is 9.36 Å². The first-order chi connectivity index (χ1) is 10.8. The monoisotopic (exact) mass is 299 g/mol. The minimum Gasteiger partial charge on any atom is -0.341 e. The lowest BCUT2D eigenvalue weighted by molar-refractivity contribution is -0.131. The number of rotatable bonds is 5. The molecule has 6 nitrogen and oxygen atoms in total. The summed E-state index contributed by atoms with van der Waals surface area (Å²) >= 11 is 0. The van der Waals surface area contributed by atoms with Gasteiger partial charge in [-0.05, 0) is 25.1 Å². The quantitative estimate of drug-likeness (QED) is 0.895. The molecule has 1 aromatic heterocycles. The van der Waals surface area contributed by atoms with Crippen LogP contribution in [0.5, 0.6) is 0 Å². The maximum atomic E-state index is 12.3. The van der Waals surface area contributed by atoms with E-state index in [9.17, 15) is 4.79 Å². The van der Waals surface area contributed by atoms with Crippen LogP contribution in [0, 0.1) is 0 Å². The van der Waals surface area contributed by atoms with Gasteiger partial charge in [0.15, 0.2) is 0 Å². The molecule has 6 heteroatoms. The molecule has 116 valence electrons. The number of aryl methyl sites for hydroxylation is 1. The number of amides is 1. The molecular weight excluding hydrogens is 278 g/mol. The Hall–Kier alpha value is -2.21. The largest absolute Gasteiger partial charge is 0.341 e. The minimum absolute atomic E-state index is 0.163. The van der Waals surface area contributed by atoms with Gasteiger partial charge in [0.25, 0.3) is 0 Å². The van der Waals surface area contributed by atoms with Crippen molar-refractivity contribution >= 4 is 5.91 Å². The summed E-state index contributed by atoms with van der Waals surface area (Å²) in [6, 6.07) is 10.3. The first kappa shape index (κ1) is 14.7. The first-order valence-electron chi connectivity index (χ1n) is 7.66. The normalized spacial score (nSPS) is 17.6. The van der Waals surface area contributed by atoms with E-state index in [1.165, 1.54) is 0 Å². The van der Waals surface area contributed by atoms with Crippen LogP contribution in [0.25, 0.3) is 5.69 Å². The van der Waals surface area contributed by atoms with Gasteiger partial charge in [-0.15, -0.1) is 10.2 Å². The summed E-state index contributed by atoms with van der Waals surface area (Å²) in [7, 11) is 1.89. The van der Waals surface area contributed by atoms with Crippen molar-refractivity contribution in [2.75, 3.05) is 20.1 Å². The van der Waals surface area contributed by atoms with Gasteiger partial charge in [-0.25, -0.2) is 0 Å². The zero-order chi connectivity index (χ0) is 15.4. The Morgan fingerprint density at radius 3 is 2.95 bits per heavy atom. The number of likely N-dealkylation sites (N-methyl/N-ethyl adjacent to an activating group) is 1. The third-order valence-electron chi connectivity index (χ3n) is 4.19. The summed E-state index contributed by atoms with van der Waals surface area (Å²) in [5.41, 5.74) is 1.02. The van der Waals surface area contributed by atoms with Crippen LogP contribution in [-0.4, -0.2) is 51.8 Å². The summed E-state index contributed by atoms with van der Waals surface area (Å²) in [5.74, 6) is 0.980. The second kappa shape index (κ2) is 6.70. The Morgan fingerprint density at radius 1 is 1.41 bits per heavy atom. The van der Waals surface area contributed by atoms with Crippen molar-refractivity contribution in [2.45, 2.75) is 25.3 Å². The number of hydrogen-bond donors (Lipinski definition) is 1. The van der Waals surface area contributed by atoms with Crippen LogP contribution in [0.1, 0.15) is 18.7 Å². The highest BCUT2D eigenvalue weighted by atomic mass is 16.2. The molecule has 0 saturated carbocycles. The van der Waals surface area contributed by atoms with Gasteiger partial charge in [0.2, 0.25) is 5.91 Å². The summed E-state index contributed by atoms with van der Waals surface area (Å²) in [6.07, 6.45) is 3.78. The third-order valence-corrected chi connectivity index (χ3v) is 4.19. The van der Waals surface area contributed by atoms with Gasteiger partial charge >= 0.3 is 0 Å². The van der Waals surface area contributed by atoms with Crippen molar-refractivity contribution < 1.29 is 4.79 Å². The van der Waals surface area contributed by atoms with Crippen LogP contribution in [0.2, 0.25) is 0 Å². The Balaban J connectivity index is 1.62. The predicted octanol–water partition coefficient (Wildman–Crippen LogP) is 1.02. The average Bonchev–Trinajstić information content (AvgIpc) is 3.24. The predicted molar refractivity (Wildman–Crippen MR) is 83.7 cm³/mol. The van der Waals surface area contributed by atoms with Crippen molar-refractivity contribution in [1.29, 1.82) is 0 Å². The number of aromatic nitrogens is 3. The lowest BCUT2D eigenvalue weighted by Gasteiger charge is -2.23. The van der Waals surface area contributed by atoms with E-state index in [0.29, 0.717) is 18.9 Å². The van der Waals surface area contributed by atoms with Crippen molar-refractivity contribution in [3.8, 4) is 5.69 Å². The van der Waals surface area contributed by atoms with E-state index in [-0.39, 0.29) is 5.91 Å². The van der Waals surface area contributed by atoms with Gasteiger partial charge in [-0.2, -0.15) is 0 Å². The van der Waals surface area contributed by atoms with Gasteiger partial charge < -0.3 is 10.2 Å². The fourth-order valence-electron chi connectivity index (χ4n) is 2.80. The maximum absolute atomic E-state index is 12.3. The van der Waals surface area contributed by atoms with Crippen LogP contribution in [0.4, 0.5) is 0 Å². The highest BCUT2D eigenvalue weighted by molar-refractivity contribution is 5.76. The molecule has 1 fully saturated rings. The minimum atomic E-state index is 0.163. The average molecular weight is 299 g/mol. The lowest BCUT2D eigenvalue weighted by atomic mass is 10.2. The number of benzene rings is 1. The summed E-state index contributed by atoms with van der Waals surface area (Å²) in [6.45, 7) is 1.88. The van der Waals surface area contributed by atoms with E-state index < -0.39 is 0 Å². The van der Waals surface area contributed by atoms with Gasteiger partial charge in [0.1, 0.15) is 12.2 Å². The molecule has 1 aliphatic rings. The smallest absolute Gasteiger partial charge is 0.223 e. The molecule has 2 heterocycles. The van der Waals surface area contributed by atoms with Gasteiger partial charge in [-0.1, -0.05) is 18.2 Å². The molecule has 1 saturated heterocycles. The fourth-order valence-corrected chi connectivity index (χ4v) is 2.80. The van der Waals surface area contributed by atoms with Crippen LogP contribution in [-0.2, 0) is 11.2 Å². The van der Waals surface area contributed by atoms with Gasteiger partial charge in [0.05, 0.1) is 0 Å². The number of hydrogen-bond acceptors (Lipinski definition) is 4. The third kappa shape index (κ3) is 3.17. The summed E-state index contributed by atoms with van der Waals surface area (Å²) in [5, 5.41) is 11.4. The number of para-hydroxylation sites is 1. The molecule has 1 aliphatic heterocycles. The van der Waals surface area contributed by atoms with E-state index in [1.807, 2.05) is 46.8 Å². The van der Waals surface area contributed by atoms with Crippen molar-refractivity contribution in [3.05, 3.63) is 42.5 Å². The van der Waals surface area contributed by atoms with Gasteiger partial charge in [0, 0.05) is 38.2 Å². The Kier molecular flexibility index (Phi) is 4.48. The molecule has 3 rings (SSSR count). The number of carbonyl (C=O) groups excluding carboxylic acids is 1. The van der Waals surface area contributed by atoms with Crippen molar-refractivity contribution in [3.63, 3.8) is 0 Å². The Labute approximate surface area is 130 Å². The second-order valence-electron chi connectivity index (χ2n) is 5.60. The van der Waals surface area contributed by atoms with E-state index >= 15 is 0 Å². The zero-order valence-corrected chi connectivity index (χ0v) is 12.8. The fraction of sp³-hybridized carbons (Fsp3) is 0.438. The molecule has 0 spiro atoms. The summed E-state index contributed by atoms with van der Waals surface area (Å²) < 4.78 is 1.93. The van der Waals surface area contributed by atoms with E-state index in [0.717, 1.165) is 31.0 Å². The molecule has 1 N–H and O–H groups in total. The SMILES string of the molecule is CN(C(=O)CCc1nncn1-c1ccccc1)[C@@H]1CCNC1. The molecule has 0 bridgehead atoms. The number of carbonyl (C=O) groups is 1. The van der Waals surface area contributed by atoms with E-state index in [4.69, 9.17) is 0 Å². The topological polar surface area (TPSA) is 63.1 Å². The van der Waals surface area contributed by atoms with Crippen molar-refractivity contribution in [2.24, 2.45) is 0 Å². The molecule has 0 unspecified atom stereocenters. The first-order valence-corrected chi connectivity index (χ1v) is 7.66. The van der Waals surface area contributed by atoms with E-state index in [1.54, 1.807) is 6.33 Å². The number of nitrogens with one attached hydrogen (secondary N) is 1. The molecule has 1 aromatic carbocycles. The molecule has 0 aliphatic carbocycles. The molecule has 22 heavy (non-hydrogen) atoms.